The summed E-state index contributed by atoms with van der Waals surface area (Å²) >= 11 is 3.21. The molecule has 5 heteroatoms. The second-order valence-corrected chi connectivity index (χ2v) is 7.08. The molecule has 3 nitrogen and oxygen atoms in total. The third-order valence-corrected chi connectivity index (χ3v) is 5.58. The fraction of sp³-hybridized carbons (Fsp3) is 0.294. The van der Waals surface area contributed by atoms with Crippen LogP contribution in [0.2, 0.25) is 0 Å². The molecule has 0 fully saturated rings. The van der Waals surface area contributed by atoms with Crippen molar-refractivity contribution in [2.45, 2.75) is 24.9 Å². The number of nitrogens with zero attached hydrogens (tertiary/aromatic N) is 2. The van der Waals surface area contributed by atoms with E-state index in [-0.39, 0.29) is 5.56 Å². The van der Waals surface area contributed by atoms with Gasteiger partial charge in [-0.25, -0.2) is 4.98 Å². The molecular formula is C17H18N2OS2. The van der Waals surface area contributed by atoms with Crippen LogP contribution in [0.3, 0.4) is 0 Å². The first-order valence-corrected chi connectivity index (χ1v) is 9.25. The molecular weight excluding hydrogens is 312 g/mol. The summed E-state index contributed by atoms with van der Waals surface area (Å²) in [5.41, 5.74) is 2.10. The fourth-order valence-corrected chi connectivity index (χ4v) is 4.36. The van der Waals surface area contributed by atoms with E-state index in [9.17, 15) is 4.79 Å². The molecule has 2 aromatic heterocycles. The van der Waals surface area contributed by atoms with Crippen LogP contribution >= 0.6 is 23.1 Å². The average molecular weight is 330 g/mol. The third-order valence-electron chi connectivity index (χ3n) is 3.59. The van der Waals surface area contributed by atoms with Gasteiger partial charge in [0.15, 0.2) is 5.16 Å². The number of aromatic nitrogens is 2. The Morgan fingerprint density at radius 2 is 2.05 bits per heavy atom. The average Bonchev–Trinajstić information content (AvgIpc) is 2.97. The molecule has 0 N–H and O–H groups in total. The Morgan fingerprint density at radius 1 is 1.27 bits per heavy atom. The van der Waals surface area contributed by atoms with E-state index in [1.807, 2.05) is 42.8 Å². The summed E-state index contributed by atoms with van der Waals surface area (Å²) in [7, 11) is 1.81. The van der Waals surface area contributed by atoms with Gasteiger partial charge >= 0.3 is 0 Å². The Kier molecular flexibility index (Phi) is 4.64. The number of hydrogen-bond donors (Lipinski definition) is 0. The van der Waals surface area contributed by atoms with Gasteiger partial charge in [-0.1, -0.05) is 55.4 Å². The molecule has 0 radical (unpaired) electrons. The first kappa shape index (κ1) is 15.3. The van der Waals surface area contributed by atoms with Crippen LogP contribution in [-0.4, -0.2) is 15.3 Å². The fourth-order valence-electron chi connectivity index (χ4n) is 2.32. The van der Waals surface area contributed by atoms with E-state index in [1.54, 1.807) is 27.7 Å². The van der Waals surface area contributed by atoms with Crippen LogP contribution in [0.4, 0.5) is 0 Å². The van der Waals surface area contributed by atoms with Gasteiger partial charge in [0, 0.05) is 23.7 Å². The summed E-state index contributed by atoms with van der Waals surface area (Å²) in [5, 5.41) is 3.58. The highest BCUT2D eigenvalue weighted by Gasteiger charge is 2.15. The van der Waals surface area contributed by atoms with Gasteiger partial charge in [-0.15, -0.1) is 11.3 Å². The van der Waals surface area contributed by atoms with Crippen LogP contribution in [0, 0.1) is 0 Å². The van der Waals surface area contributed by atoms with E-state index in [0.29, 0.717) is 0 Å². The second-order valence-electron chi connectivity index (χ2n) is 5.16. The molecule has 0 saturated carbocycles. The molecule has 3 rings (SSSR count). The summed E-state index contributed by atoms with van der Waals surface area (Å²) in [6, 6.07) is 10.0. The molecule has 0 aliphatic heterocycles. The molecule has 0 unspecified atom stereocenters. The largest absolute Gasteiger partial charge is 0.290 e. The van der Waals surface area contributed by atoms with Crippen molar-refractivity contribution in [1.29, 1.82) is 0 Å². The minimum atomic E-state index is 0.0455. The standard InChI is InChI=1S/C17H18N2OS2/c1-3-4-10-21-17-18-15-14(16(20)19(17)2)13(11-22-15)12-8-6-5-7-9-12/h5-9,11H,3-4,10H2,1-2H3. The second kappa shape index (κ2) is 6.67. The molecule has 0 atom stereocenters. The molecule has 114 valence electrons. The number of fused-ring (bicyclic) bond motifs is 1. The molecule has 0 amide bonds. The zero-order chi connectivity index (χ0) is 15.5. The van der Waals surface area contributed by atoms with Crippen molar-refractivity contribution in [3.05, 3.63) is 46.1 Å². The minimum absolute atomic E-state index is 0.0455. The predicted molar refractivity (Wildman–Crippen MR) is 95.9 cm³/mol. The van der Waals surface area contributed by atoms with Crippen LogP contribution in [0.25, 0.3) is 21.3 Å². The van der Waals surface area contributed by atoms with Crippen molar-refractivity contribution in [1.82, 2.24) is 9.55 Å². The lowest BCUT2D eigenvalue weighted by atomic mass is 10.1. The zero-order valence-corrected chi connectivity index (χ0v) is 14.3. The van der Waals surface area contributed by atoms with Gasteiger partial charge in [0.25, 0.3) is 5.56 Å². The maximum Gasteiger partial charge on any atom is 0.263 e. The van der Waals surface area contributed by atoms with Crippen LogP contribution in [0.15, 0.2) is 45.7 Å². The maximum absolute atomic E-state index is 12.8. The Labute approximate surface area is 138 Å². The van der Waals surface area contributed by atoms with Gasteiger partial charge in [0.1, 0.15) is 4.83 Å². The number of thiophene rings is 1. The van der Waals surface area contributed by atoms with Crippen molar-refractivity contribution in [3.8, 4) is 11.1 Å². The van der Waals surface area contributed by atoms with Crippen LogP contribution in [0.1, 0.15) is 19.8 Å². The van der Waals surface area contributed by atoms with Crippen LogP contribution < -0.4 is 5.56 Å². The highest BCUT2D eigenvalue weighted by Crippen LogP contribution is 2.31. The minimum Gasteiger partial charge on any atom is -0.290 e. The number of hydrogen-bond acceptors (Lipinski definition) is 4. The lowest BCUT2D eigenvalue weighted by Gasteiger charge is -2.07. The SMILES string of the molecule is CCCCSc1nc2scc(-c3ccccc3)c2c(=O)n1C. The van der Waals surface area contributed by atoms with E-state index in [0.717, 1.165) is 45.1 Å². The quantitative estimate of drug-likeness (QED) is 0.391. The molecule has 22 heavy (non-hydrogen) atoms. The van der Waals surface area contributed by atoms with Gasteiger partial charge in [-0.05, 0) is 12.0 Å². The predicted octanol–water partition coefficient (Wildman–Crippen LogP) is 4.55. The van der Waals surface area contributed by atoms with Crippen molar-refractivity contribution < 1.29 is 0 Å². The Morgan fingerprint density at radius 3 is 2.77 bits per heavy atom. The molecule has 3 aromatic rings. The molecule has 0 bridgehead atoms. The van der Waals surface area contributed by atoms with Gasteiger partial charge in [0.05, 0.1) is 5.39 Å². The van der Waals surface area contributed by atoms with E-state index >= 15 is 0 Å². The summed E-state index contributed by atoms with van der Waals surface area (Å²) in [6.45, 7) is 2.17. The van der Waals surface area contributed by atoms with Gasteiger partial charge in [-0.3, -0.25) is 9.36 Å². The number of benzene rings is 1. The molecule has 0 saturated heterocycles. The van der Waals surface area contributed by atoms with Gasteiger partial charge < -0.3 is 0 Å². The van der Waals surface area contributed by atoms with Gasteiger partial charge in [0.2, 0.25) is 0 Å². The summed E-state index contributed by atoms with van der Waals surface area (Å²) in [5.74, 6) is 0.999. The lowest BCUT2D eigenvalue weighted by Crippen LogP contribution is -2.19. The number of thioether (sulfide) groups is 1. The highest BCUT2D eigenvalue weighted by atomic mass is 32.2. The zero-order valence-electron chi connectivity index (χ0n) is 12.7. The number of rotatable bonds is 5. The van der Waals surface area contributed by atoms with E-state index in [2.05, 4.69) is 6.92 Å². The van der Waals surface area contributed by atoms with Crippen LogP contribution in [-0.2, 0) is 7.05 Å². The topological polar surface area (TPSA) is 34.9 Å². The normalized spacial score (nSPS) is 11.2. The maximum atomic E-state index is 12.8. The molecule has 0 spiro atoms. The molecule has 0 aliphatic rings. The Bertz CT molecular complexity index is 837. The first-order valence-electron chi connectivity index (χ1n) is 7.38. The van der Waals surface area contributed by atoms with Crippen molar-refractivity contribution in [2.75, 3.05) is 5.75 Å². The van der Waals surface area contributed by atoms with E-state index in [1.165, 1.54) is 0 Å². The monoisotopic (exact) mass is 330 g/mol. The van der Waals surface area contributed by atoms with Crippen molar-refractivity contribution in [3.63, 3.8) is 0 Å². The highest BCUT2D eigenvalue weighted by molar-refractivity contribution is 7.99. The molecule has 2 heterocycles. The Balaban J connectivity index is 2.09. The third kappa shape index (κ3) is 2.83. The van der Waals surface area contributed by atoms with Crippen molar-refractivity contribution in [2.24, 2.45) is 7.05 Å². The van der Waals surface area contributed by atoms with Crippen LogP contribution in [0.5, 0.6) is 0 Å². The smallest absolute Gasteiger partial charge is 0.263 e. The van der Waals surface area contributed by atoms with Crippen molar-refractivity contribution >= 4 is 33.3 Å². The van der Waals surface area contributed by atoms with E-state index < -0.39 is 0 Å². The summed E-state index contributed by atoms with van der Waals surface area (Å²) in [6.07, 6.45) is 2.29. The molecule has 0 aliphatic carbocycles. The summed E-state index contributed by atoms with van der Waals surface area (Å²) < 4.78 is 1.68. The van der Waals surface area contributed by atoms with E-state index in [4.69, 9.17) is 4.98 Å². The number of unbranched alkanes of at least 4 members (excludes halogenated alkanes) is 1. The summed E-state index contributed by atoms with van der Waals surface area (Å²) in [4.78, 5) is 18.3. The first-order chi connectivity index (χ1) is 10.7. The Hall–Kier alpha value is -1.59. The molecule has 1 aromatic carbocycles. The van der Waals surface area contributed by atoms with Gasteiger partial charge in [-0.2, -0.15) is 0 Å². The lowest BCUT2D eigenvalue weighted by molar-refractivity contribution is 0.726.